The fraction of sp³-hybridized carbons (Fsp3) is 0.438. The number of nitrogens with zero attached hydrogens (tertiary/aromatic N) is 1. The minimum absolute atomic E-state index is 0.222. The van der Waals surface area contributed by atoms with Gasteiger partial charge in [0, 0.05) is 31.8 Å². The molecule has 21 heavy (non-hydrogen) atoms. The first-order valence-corrected chi connectivity index (χ1v) is 7.03. The third-order valence-electron chi connectivity index (χ3n) is 3.69. The van der Waals surface area contributed by atoms with Gasteiger partial charge in [-0.3, -0.25) is 4.90 Å². The molecule has 1 aromatic rings. The number of hydrogen-bond acceptors (Lipinski definition) is 3. The van der Waals surface area contributed by atoms with Crippen LogP contribution in [0.2, 0.25) is 0 Å². The van der Waals surface area contributed by atoms with E-state index in [2.05, 4.69) is 4.90 Å². The van der Waals surface area contributed by atoms with E-state index in [1.807, 2.05) is 0 Å². The molecule has 4 nitrogen and oxygen atoms in total. The maximum atomic E-state index is 14.1. The fourth-order valence-electron chi connectivity index (χ4n) is 2.55. The zero-order valence-corrected chi connectivity index (χ0v) is 12.1. The van der Waals surface area contributed by atoms with E-state index in [-0.39, 0.29) is 11.9 Å². The van der Waals surface area contributed by atoms with Gasteiger partial charge in [0.2, 0.25) is 0 Å². The van der Waals surface area contributed by atoms with Crippen LogP contribution in [0.1, 0.15) is 24.0 Å². The molecule has 1 aliphatic rings. The summed E-state index contributed by atoms with van der Waals surface area (Å²) >= 11 is 0. The Hall–Kier alpha value is -1.72. The largest absolute Gasteiger partial charge is 0.478 e. The quantitative estimate of drug-likeness (QED) is 0.848. The molecule has 1 aromatic carbocycles. The van der Waals surface area contributed by atoms with Crippen LogP contribution in [0.15, 0.2) is 24.3 Å². The normalized spacial score (nSPS) is 20.0. The van der Waals surface area contributed by atoms with E-state index in [1.165, 1.54) is 12.1 Å². The topological polar surface area (TPSA) is 49.8 Å². The summed E-state index contributed by atoms with van der Waals surface area (Å²) in [5.41, 5.74) is 1.17. The van der Waals surface area contributed by atoms with Gasteiger partial charge in [0.05, 0.1) is 6.10 Å². The zero-order valence-electron chi connectivity index (χ0n) is 12.1. The maximum Gasteiger partial charge on any atom is 0.328 e. The monoisotopic (exact) mass is 293 g/mol. The van der Waals surface area contributed by atoms with Crippen molar-refractivity contribution in [3.63, 3.8) is 0 Å². The minimum Gasteiger partial charge on any atom is -0.478 e. The summed E-state index contributed by atoms with van der Waals surface area (Å²) in [6, 6.07) is 4.81. The van der Waals surface area contributed by atoms with E-state index >= 15 is 0 Å². The van der Waals surface area contributed by atoms with Gasteiger partial charge in [0.1, 0.15) is 5.82 Å². The minimum atomic E-state index is -1.04. The molecule has 0 aromatic heterocycles. The zero-order chi connectivity index (χ0) is 15.2. The van der Waals surface area contributed by atoms with E-state index in [0.29, 0.717) is 17.7 Å². The van der Waals surface area contributed by atoms with Crippen molar-refractivity contribution in [2.75, 3.05) is 20.2 Å². The fourth-order valence-corrected chi connectivity index (χ4v) is 2.55. The highest BCUT2D eigenvalue weighted by Crippen LogP contribution is 2.18. The third kappa shape index (κ3) is 4.65. The van der Waals surface area contributed by atoms with Gasteiger partial charge in [-0.2, -0.15) is 0 Å². The first-order valence-electron chi connectivity index (χ1n) is 7.03. The number of hydrogen-bond donors (Lipinski definition) is 1. The number of likely N-dealkylation sites (tertiary alicyclic amines) is 1. The van der Waals surface area contributed by atoms with Crippen LogP contribution in [-0.4, -0.2) is 42.3 Å². The lowest BCUT2D eigenvalue weighted by Crippen LogP contribution is -2.38. The lowest BCUT2D eigenvalue weighted by molar-refractivity contribution is -0.131. The van der Waals surface area contributed by atoms with Gasteiger partial charge in [-0.15, -0.1) is 0 Å². The number of benzene rings is 1. The molecule has 1 saturated heterocycles. The van der Waals surface area contributed by atoms with E-state index in [0.717, 1.165) is 32.0 Å². The van der Waals surface area contributed by atoms with E-state index in [1.54, 1.807) is 19.2 Å². The smallest absolute Gasteiger partial charge is 0.328 e. The van der Waals surface area contributed by atoms with Gasteiger partial charge >= 0.3 is 5.97 Å². The third-order valence-corrected chi connectivity index (χ3v) is 3.69. The molecule has 2 rings (SSSR count). The molecule has 1 N–H and O–H groups in total. The van der Waals surface area contributed by atoms with Gasteiger partial charge in [0.25, 0.3) is 0 Å². The SMILES string of the molecule is COC1CCCN(Cc2ccc(/C=C/C(=O)O)cc2F)C1. The van der Waals surface area contributed by atoms with Crippen LogP contribution in [-0.2, 0) is 16.1 Å². The van der Waals surface area contributed by atoms with Crippen molar-refractivity contribution in [1.82, 2.24) is 4.90 Å². The number of methoxy groups -OCH3 is 1. The first kappa shape index (κ1) is 15.7. The van der Waals surface area contributed by atoms with Crippen molar-refractivity contribution in [2.24, 2.45) is 0 Å². The average Bonchev–Trinajstić information content (AvgIpc) is 2.48. The Morgan fingerprint density at radius 1 is 1.57 bits per heavy atom. The van der Waals surface area contributed by atoms with Gasteiger partial charge in [-0.05, 0) is 37.1 Å². The molecule has 1 atom stereocenters. The van der Waals surface area contributed by atoms with Crippen molar-refractivity contribution in [1.29, 1.82) is 0 Å². The summed E-state index contributed by atoms with van der Waals surface area (Å²) in [5, 5.41) is 8.56. The van der Waals surface area contributed by atoms with Gasteiger partial charge < -0.3 is 9.84 Å². The number of piperidine rings is 1. The number of rotatable bonds is 5. The van der Waals surface area contributed by atoms with Crippen LogP contribution in [0.3, 0.4) is 0 Å². The number of carboxylic acid groups (broad SMARTS) is 1. The molecule has 0 radical (unpaired) electrons. The van der Waals surface area contributed by atoms with Crippen LogP contribution in [0.5, 0.6) is 0 Å². The highest BCUT2D eigenvalue weighted by Gasteiger charge is 2.20. The van der Waals surface area contributed by atoms with Gasteiger partial charge in [-0.1, -0.05) is 12.1 Å². The molecular formula is C16H20FNO3. The summed E-state index contributed by atoms with van der Waals surface area (Å²) < 4.78 is 19.4. The Morgan fingerprint density at radius 2 is 2.38 bits per heavy atom. The lowest BCUT2D eigenvalue weighted by Gasteiger charge is -2.31. The van der Waals surface area contributed by atoms with Crippen LogP contribution < -0.4 is 0 Å². The highest BCUT2D eigenvalue weighted by molar-refractivity contribution is 5.85. The van der Waals surface area contributed by atoms with Crippen LogP contribution in [0.4, 0.5) is 4.39 Å². The van der Waals surface area contributed by atoms with Crippen LogP contribution >= 0.6 is 0 Å². The summed E-state index contributed by atoms with van der Waals surface area (Å²) in [6.45, 7) is 2.31. The van der Waals surface area contributed by atoms with Crippen molar-refractivity contribution in [2.45, 2.75) is 25.5 Å². The van der Waals surface area contributed by atoms with E-state index < -0.39 is 5.97 Å². The molecule has 0 amide bonds. The van der Waals surface area contributed by atoms with Crippen molar-refractivity contribution in [3.8, 4) is 0 Å². The predicted molar refractivity (Wildman–Crippen MR) is 78.4 cm³/mol. The second-order valence-corrected chi connectivity index (χ2v) is 5.26. The standard InChI is InChI=1S/C16H20FNO3/c1-21-14-3-2-8-18(11-14)10-13-6-4-12(9-15(13)17)5-7-16(19)20/h4-7,9,14H,2-3,8,10-11H2,1H3,(H,19,20)/b7-5+. The molecule has 0 bridgehead atoms. The summed E-state index contributed by atoms with van der Waals surface area (Å²) in [6.07, 6.45) is 4.72. The number of aliphatic carboxylic acids is 1. The van der Waals surface area contributed by atoms with Crippen molar-refractivity contribution < 1.29 is 19.0 Å². The number of ether oxygens (including phenoxy) is 1. The Bertz CT molecular complexity index is 530. The second-order valence-electron chi connectivity index (χ2n) is 5.26. The van der Waals surface area contributed by atoms with Crippen molar-refractivity contribution >= 4 is 12.0 Å². The Morgan fingerprint density at radius 3 is 3.05 bits per heavy atom. The average molecular weight is 293 g/mol. The summed E-state index contributed by atoms with van der Waals surface area (Å²) in [7, 11) is 1.71. The number of carbonyl (C=O) groups is 1. The van der Waals surface area contributed by atoms with Crippen LogP contribution in [0, 0.1) is 5.82 Å². The molecule has 1 aliphatic heterocycles. The van der Waals surface area contributed by atoms with Crippen molar-refractivity contribution in [3.05, 3.63) is 41.2 Å². The molecule has 0 saturated carbocycles. The molecule has 0 spiro atoms. The Kier molecular flexibility index (Phi) is 5.47. The van der Waals surface area contributed by atoms with Crippen LogP contribution in [0.25, 0.3) is 6.08 Å². The van der Waals surface area contributed by atoms with E-state index in [9.17, 15) is 9.18 Å². The molecule has 1 heterocycles. The predicted octanol–water partition coefficient (Wildman–Crippen LogP) is 2.53. The summed E-state index contributed by atoms with van der Waals surface area (Å²) in [5.74, 6) is -1.35. The van der Waals surface area contributed by atoms with Gasteiger partial charge in [0.15, 0.2) is 0 Å². The molecule has 1 unspecified atom stereocenters. The highest BCUT2D eigenvalue weighted by atomic mass is 19.1. The molecule has 114 valence electrons. The Balaban J connectivity index is 2.02. The summed E-state index contributed by atoms with van der Waals surface area (Å²) in [4.78, 5) is 12.6. The molecule has 1 fully saturated rings. The number of halogens is 1. The second kappa shape index (κ2) is 7.33. The lowest BCUT2D eigenvalue weighted by atomic mass is 10.1. The first-order chi connectivity index (χ1) is 10.1. The molecular weight excluding hydrogens is 273 g/mol. The van der Waals surface area contributed by atoms with E-state index in [4.69, 9.17) is 9.84 Å². The molecule has 0 aliphatic carbocycles. The number of carboxylic acids is 1. The van der Waals surface area contributed by atoms with Gasteiger partial charge in [-0.25, -0.2) is 9.18 Å². The Labute approximate surface area is 123 Å². The maximum absolute atomic E-state index is 14.1. The molecule has 5 heteroatoms.